The molecule has 2 amide bonds. The van der Waals surface area contributed by atoms with Gasteiger partial charge in [-0.3, -0.25) is 14.5 Å². The highest BCUT2D eigenvalue weighted by molar-refractivity contribution is 5.93. The van der Waals surface area contributed by atoms with Crippen LogP contribution in [0.2, 0.25) is 0 Å². The number of hydrogen-bond acceptors (Lipinski definition) is 4. The number of para-hydroxylation sites is 1. The normalized spacial score (nSPS) is 15.7. The Morgan fingerprint density at radius 3 is 2.34 bits per heavy atom. The molecule has 6 nitrogen and oxygen atoms in total. The first-order chi connectivity index (χ1) is 14.1. The lowest BCUT2D eigenvalue weighted by Gasteiger charge is -2.34. The van der Waals surface area contributed by atoms with Gasteiger partial charge in [0, 0.05) is 44.3 Å². The van der Waals surface area contributed by atoms with Crippen LogP contribution in [0.4, 0.5) is 5.69 Å². The van der Waals surface area contributed by atoms with Crippen LogP contribution in [0, 0.1) is 0 Å². The van der Waals surface area contributed by atoms with Crippen molar-refractivity contribution in [1.82, 2.24) is 9.80 Å². The van der Waals surface area contributed by atoms with Crippen molar-refractivity contribution in [2.24, 2.45) is 5.73 Å². The number of benzene rings is 2. The first kappa shape index (κ1) is 21.0. The topological polar surface area (TPSA) is 78.7 Å². The van der Waals surface area contributed by atoms with Crippen molar-refractivity contribution < 1.29 is 9.59 Å². The third-order valence-electron chi connectivity index (χ3n) is 5.39. The van der Waals surface area contributed by atoms with Crippen molar-refractivity contribution in [3.05, 3.63) is 65.7 Å². The largest absolute Gasteiger partial charge is 0.340 e. The molecule has 1 fully saturated rings. The van der Waals surface area contributed by atoms with Gasteiger partial charge in [-0.05, 0) is 23.6 Å². The molecule has 0 aliphatic carbocycles. The Hall–Kier alpha value is -2.70. The third-order valence-corrected chi connectivity index (χ3v) is 5.39. The van der Waals surface area contributed by atoms with Gasteiger partial charge in [0.25, 0.3) is 0 Å². The van der Waals surface area contributed by atoms with Crippen LogP contribution in [-0.2, 0) is 16.0 Å². The zero-order valence-corrected chi connectivity index (χ0v) is 17.0. The molecule has 1 atom stereocenters. The predicted octanol–water partition coefficient (Wildman–Crippen LogP) is 2.42. The van der Waals surface area contributed by atoms with E-state index in [1.165, 1.54) is 0 Å². The van der Waals surface area contributed by atoms with E-state index in [4.69, 9.17) is 5.73 Å². The maximum absolute atomic E-state index is 12.6. The summed E-state index contributed by atoms with van der Waals surface area (Å²) in [6, 6.07) is 17.3. The summed E-state index contributed by atoms with van der Waals surface area (Å²) in [6.07, 6.45) is 1.18. The maximum Gasteiger partial charge on any atom is 0.238 e. The molecular formula is C23H30N4O2. The summed E-state index contributed by atoms with van der Waals surface area (Å²) in [7, 11) is 0. The van der Waals surface area contributed by atoms with Crippen molar-refractivity contribution in [2.75, 3.05) is 38.0 Å². The number of aryl methyl sites for hydroxylation is 1. The number of rotatable bonds is 7. The molecule has 2 aromatic carbocycles. The van der Waals surface area contributed by atoms with Crippen LogP contribution >= 0.6 is 0 Å². The van der Waals surface area contributed by atoms with Gasteiger partial charge < -0.3 is 16.0 Å². The number of carbonyl (C=O) groups excluding carboxylic acids is 2. The summed E-state index contributed by atoms with van der Waals surface area (Å²) in [5.41, 5.74) is 9.17. The summed E-state index contributed by atoms with van der Waals surface area (Å²) in [6.45, 7) is 5.04. The highest BCUT2D eigenvalue weighted by Crippen LogP contribution is 2.17. The third kappa shape index (κ3) is 5.89. The lowest BCUT2D eigenvalue weighted by Crippen LogP contribution is -2.50. The first-order valence-corrected chi connectivity index (χ1v) is 10.2. The molecule has 0 radical (unpaired) electrons. The number of anilines is 1. The fourth-order valence-electron chi connectivity index (χ4n) is 3.63. The maximum atomic E-state index is 12.6. The van der Waals surface area contributed by atoms with Crippen molar-refractivity contribution in [3.63, 3.8) is 0 Å². The molecule has 2 aromatic rings. The quantitative estimate of drug-likeness (QED) is 0.756. The summed E-state index contributed by atoms with van der Waals surface area (Å²) in [4.78, 5) is 28.9. The number of hydrogen-bond donors (Lipinski definition) is 2. The van der Waals surface area contributed by atoms with Gasteiger partial charge in [-0.25, -0.2) is 0 Å². The fraction of sp³-hybridized carbons (Fsp3) is 0.391. The highest BCUT2D eigenvalue weighted by Gasteiger charge is 2.24. The molecule has 1 unspecified atom stereocenters. The number of amides is 2. The molecule has 3 N–H and O–H groups in total. The van der Waals surface area contributed by atoms with Gasteiger partial charge in [0.15, 0.2) is 0 Å². The monoisotopic (exact) mass is 394 g/mol. The summed E-state index contributed by atoms with van der Waals surface area (Å²) < 4.78 is 0. The van der Waals surface area contributed by atoms with Gasteiger partial charge >= 0.3 is 0 Å². The minimum Gasteiger partial charge on any atom is -0.340 e. The number of nitrogens with two attached hydrogens (primary N) is 1. The van der Waals surface area contributed by atoms with E-state index in [1.54, 1.807) is 0 Å². The van der Waals surface area contributed by atoms with Crippen LogP contribution in [0.3, 0.4) is 0 Å². The molecule has 0 aromatic heterocycles. The number of carbonyl (C=O) groups is 2. The van der Waals surface area contributed by atoms with Gasteiger partial charge in [-0.2, -0.15) is 0 Å². The van der Waals surface area contributed by atoms with Crippen molar-refractivity contribution in [2.45, 2.75) is 25.8 Å². The van der Waals surface area contributed by atoms with Crippen molar-refractivity contribution >= 4 is 17.5 Å². The minimum atomic E-state index is -0.286. The van der Waals surface area contributed by atoms with Crippen molar-refractivity contribution in [1.29, 1.82) is 0 Å². The molecule has 1 heterocycles. The lowest BCUT2D eigenvalue weighted by atomic mass is 10.0. The molecule has 3 rings (SSSR count). The van der Waals surface area contributed by atoms with Crippen LogP contribution in [-0.4, -0.2) is 54.3 Å². The Kier molecular flexibility index (Phi) is 7.38. The molecule has 0 spiro atoms. The van der Waals surface area contributed by atoms with Crippen LogP contribution in [0.5, 0.6) is 0 Å². The Morgan fingerprint density at radius 1 is 1.00 bits per heavy atom. The first-order valence-electron chi connectivity index (χ1n) is 10.2. The van der Waals surface area contributed by atoms with Crippen molar-refractivity contribution in [3.8, 4) is 0 Å². The van der Waals surface area contributed by atoms with E-state index in [0.29, 0.717) is 39.1 Å². The van der Waals surface area contributed by atoms with Crippen LogP contribution < -0.4 is 11.1 Å². The number of nitrogens with one attached hydrogen (secondary N) is 1. The molecule has 0 bridgehead atoms. The Balaban J connectivity index is 1.44. The van der Waals surface area contributed by atoms with Crippen LogP contribution in [0.25, 0.3) is 0 Å². The van der Waals surface area contributed by atoms with Gasteiger partial charge in [-0.1, -0.05) is 55.5 Å². The second-order valence-corrected chi connectivity index (χ2v) is 7.44. The Morgan fingerprint density at radius 2 is 1.66 bits per heavy atom. The lowest BCUT2D eigenvalue weighted by molar-refractivity contribution is -0.133. The summed E-state index contributed by atoms with van der Waals surface area (Å²) >= 11 is 0. The zero-order valence-electron chi connectivity index (χ0n) is 17.0. The summed E-state index contributed by atoms with van der Waals surface area (Å²) in [5.74, 6) is 0.0547. The van der Waals surface area contributed by atoms with Gasteiger partial charge in [0.1, 0.15) is 0 Å². The Bertz CT molecular complexity index is 817. The smallest absolute Gasteiger partial charge is 0.238 e. The standard InChI is InChI=1S/C23H30N4O2/c1-2-18-8-6-7-11-21(18)25-22(28)17-26-12-14-27(15-13-26)23(29)16-20(24)19-9-4-3-5-10-19/h3-11,20H,2,12-17,24H2,1H3,(H,25,28). The van der Waals surface area contributed by atoms with Crippen LogP contribution in [0.15, 0.2) is 54.6 Å². The van der Waals surface area contributed by atoms with E-state index < -0.39 is 0 Å². The van der Waals surface area contributed by atoms with E-state index in [0.717, 1.165) is 23.2 Å². The average Bonchev–Trinajstić information content (AvgIpc) is 2.75. The molecule has 1 aliphatic heterocycles. The van der Waals surface area contributed by atoms with E-state index in [-0.39, 0.29) is 17.9 Å². The molecule has 0 saturated carbocycles. The van der Waals surface area contributed by atoms with Gasteiger partial charge in [0.2, 0.25) is 11.8 Å². The highest BCUT2D eigenvalue weighted by atomic mass is 16.2. The van der Waals surface area contributed by atoms with Crippen LogP contribution in [0.1, 0.15) is 30.5 Å². The molecule has 154 valence electrons. The van der Waals surface area contributed by atoms with Gasteiger partial charge in [-0.15, -0.1) is 0 Å². The molecule has 1 aliphatic rings. The Labute approximate surface area is 172 Å². The van der Waals surface area contributed by atoms with E-state index in [1.807, 2.05) is 59.5 Å². The SMILES string of the molecule is CCc1ccccc1NC(=O)CN1CCN(C(=O)CC(N)c2ccccc2)CC1. The number of piperazine rings is 1. The predicted molar refractivity (Wildman–Crippen MR) is 115 cm³/mol. The summed E-state index contributed by atoms with van der Waals surface area (Å²) in [5, 5.41) is 3.01. The van der Waals surface area contributed by atoms with E-state index >= 15 is 0 Å². The minimum absolute atomic E-state index is 0.0169. The second kappa shape index (κ2) is 10.2. The molecule has 6 heteroatoms. The molecule has 1 saturated heterocycles. The number of nitrogens with zero attached hydrogens (tertiary/aromatic N) is 2. The zero-order chi connectivity index (χ0) is 20.6. The van der Waals surface area contributed by atoms with E-state index in [2.05, 4.69) is 17.1 Å². The molecule has 29 heavy (non-hydrogen) atoms. The molecular weight excluding hydrogens is 364 g/mol. The fourth-order valence-corrected chi connectivity index (χ4v) is 3.63. The van der Waals surface area contributed by atoms with Gasteiger partial charge in [0.05, 0.1) is 6.54 Å². The average molecular weight is 395 g/mol. The van der Waals surface area contributed by atoms with E-state index in [9.17, 15) is 9.59 Å². The second-order valence-electron chi connectivity index (χ2n) is 7.44.